The van der Waals surface area contributed by atoms with Crippen molar-refractivity contribution in [3.05, 3.63) is 35.4 Å². The maximum Gasteiger partial charge on any atom is 0.416 e. The molecule has 1 atom stereocenters. The molecular weight excluding hydrogens is 330 g/mol. The van der Waals surface area contributed by atoms with Crippen molar-refractivity contribution in [3.63, 3.8) is 0 Å². The van der Waals surface area contributed by atoms with E-state index in [4.69, 9.17) is 5.11 Å². The Morgan fingerprint density at radius 2 is 1.79 bits per heavy atom. The number of amides is 1. The molecule has 0 spiro atoms. The summed E-state index contributed by atoms with van der Waals surface area (Å²) < 4.78 is 52.6. The van der Waals surface area contributed by atoms with Gasteiger partial charge in [0.1, 0.15) is 0 Å². The van der Waals surface area contributed by atoms with Crippen LogP contribution in [0.15, 0.2) is 24.3 Å². The summed E-state index contributed by atoms with van der Waals surface area (Å²) >= 11 is 0. The summed E-state index contributed by atoms with van der Waals surface area (Å²) in [6.45, 7) is 2.17. The number of alkyl halides is 4. The molecule has 1 aliphatic rings. The highest BCUT2D eigenvalue weighted by atomic mass is 19.4. The first-order valence-corrected chi connectivity index (χ1v) is 7.27. The second kappa shape index (κ2) is 5.75. The Balaban J connectivity index is 2.28. The van der Waals surface area contributed by atoms with Crippen LogP contribution in [0.3, 0.4) is 0 Å². The van der Waals surface area contributed by atoms with E-state index < -0.39 is 41.2 Å². The van der Waals surface area contributed by atoms with Gasteiger partial charge in [-0.3, -0.25) is 4.79 Å². The van der Waals surface area contributed by atoms with E-state index in [-0.39, 0.29) is 18.5 Å². The van der Waals surface area contributed by atoms with Gasteiger partial charge in [-0.05, 0) is 25.5 Å². The molecule has 0 aromatic heterocycles. The number of carbonyl (C=O) groups excluding carboxylic acids is 1. The third-order valence-electron chi connectivity index (χ3n) is 4.34. The van der Waals surface area contributed by atoms with Gasteiger partial charge in [-0.15, -0.1) is 0 Å². The van der Waals surface area contributed by atoms with Crippen molar-refractivity contribution in [2.45, 2.75) is 37.5 Å². The number of carboxylic acid groups (broad SMARTS) is 1. The molecule has 1 N–H and O–H groups in total. The van der Waals surface area contributed by atoms with Gasteiger partial charge in [-0.25, -0.2) is 9.18 Å². The lowest BCUT2D eigenvalue weighted by Crippen LogP contribution is -2.45. The molecule has 132 valence electrons. The standard InChI is InChI=1S/C16H17F4NO3/c1-14(2,10-4-3-5-11(8-10)16(18,19)20)12(22)21-7-6-15(17,9-21)13(23)24/h3-5,8H,6-7,9H2,1-2H3,(H,23,24). The van der Waals surface area contributed by atoms with Crippen molar-refractivity contribution in [2.75, 3.05) is 13.1 Å². The molecule has 0 bridgehead atoms. The monoisotopic (exact) mass is 347 g/mol. The SMILES string of the molecule is CC(C)(C(=O)N1CCC(F)(C(=O)O)C1)c1cccc(C(F)(F)F)c1. The molecule has 1 saturated heterocycles. The van der Waals surface area contributed by atoms with Crippen molar-refractivity contribution < 1.29 is 32.3 Å². The highest BCUT2D eigenvalue weighted by Crippen LogP contribution is 2.35. The highest BCUT2D eigenvalue weighted by molar-refractivity contribution is 5.89. The zero-order valence-corrected chi connectivity index (χ0v) is 13.2. The quantitative estimate of drug-likeness (QED) is 0.855. The van der Waals surface area contributed by atoms with Crippen LogP contribution < -0.4 is 0 Å². The van der Waals surface area contributed by atoms with Crippen LogP contribution in [0.2, 0.25) is 0 Å². The van der Waals surface area contributed by atoms with Crippen molar-refractivity contribution in [1.29, 1.82) is 0 Å². The second-order valence-corrected chi connectivity index (χ2v) is 6.45. The highest BCUT2D eigenvalue weighted by Gasteiger charge is 2.49. The normalized spacial score (nSPS) is 21.8. The molecule has 1 unspecified atom stereocenters. The minimum absolute atomic E-state index is 0.0932. The van der Waals surface area contributed by atoms with Crippen molar-refractivity contribution >= 4 is 11.9 Å². The largest absolute Gasteiger partial charge is 0.479 e. The number of carbonyl (C=O) groups is 2. The van der Waals surface area contributed by atoms with E-state index in [2.05, 4.69) is 0 Å². The summed E-state index contributed by atoms with van der Waals surface area (Å²) in [7, 11) is 0. The summed E-state index contributed by atoms with van der Waals surface area (Å²) in [4.78, 5) is 24.6. The number of hydrogen-bond acceptors (Lipinski definition) is 2. The fourth-order valence-electron chi connectivity index (χ4n) is 2.72. The molecule has 1 aliphatic heterocycles. The average Bonchev–Trinajstić information content (AvgIpc) is 2.89. The summed E-state index contributed by atoms with van der Waals surface area (Å²) in [6.07, 6.45) is -4.88. The van der Waals surface area contributed by atoms with Crippen LogP contribution in [0.5, 0.6) is 0 Å². The van der Waals surface area contributed by atoms with E-state index >= 15 is 0 Å². The fourth-order valence-corrected chi connectivity index (χ4v) is 2.72. The molecule has 4 nitrogen and oxygen atoms in total. The van der Waals surface area contributed by atoms with Gasteiger partial charge in [-0.2, -0.15) is 13.2 Å². The third kappa shape index (κ3) is 3.22. The third-order valence-corrected chi connectivity index (χ3v) is 4.34. The number of nitrogens with zero attached hydrogens (tertiary/aromatic N) is 1. The molecule has 0 radical (unpaired) electrons. The van der Waals surface area contributed by atoms with Gasteiger partial charge in [0, 0.05) is 13.0 Å². The molecule has 8 heteroatoms. The molecule has 0 saturated carbocycles. The average molecular weight is 347 g/mol. The molecule has 0 aliphatic carbocycles. The topological polar surface area (TPSA) is 57.6 Å². The Hall–Kier alpha value is -2.12. The van der Waals surface area contributed by atoms with Crippen molar-refractivity contribution in [2.24, 2.45) is 0 Å². The number of halogens is 4. The molecule has 1 aromatic carbocycles. The smallest absolute Gasteiger partial charge is 0.416 e. The van der Waals surface area contributed by atoms with Crippen LogP contribution in [0, 0.1) is 0 Å². The fraction of sp³-hybridized carbons (Fsp3) is 0.500. The zero-order valence-electron chi connectivity index (χ0n) is 13.2. The van der Waals surface area contributed by atoms with Crippen LogP contribution >= 0.6 is 0 Å². The van der Waals surface area contributed by atoms with Gasteiger partial charge >= 0.3 is 12.1 Å². The van der Waals surface area contributed by atoms with E-state index in [1.165, 1.54) is 26.0 Å². The van der Waals surface area contributed by atoms with Gasteiger partial charge in [0.05, 0.1) is 17.5 Å². The maximum absolute atomic E-state index is 14.1. The van der Waals surface area contributed by atoms with Gasteiger partial charge in [0.25, 0.3) is 0 Å². The first-order chi connectivity index (χ1) is 10.9. The lowest BCUT2D eigenvalue weighted by molar-refractivity contribution is -0.150. The van der Waals surface area contributed by atoms with Crippen molar-refractivity contribution in [1.82, 2.24) is 4.90 Å². The Labute approximate surface area is 136 Å². The summed E-state index contributed by atoms with van der Waals surface area (Å²) in [5, 5.41) is 8.88. The minimum Gasteiger partial charge on any atom is -0.479 e. The predicted molar refractivity (Wildman–Crippen MR) is 77.1 cm³/mol. The van der Waals surface area contributed by atoms with E-state index in [1.54, 1.807) is 0 Å². The lowest BCUT2D eigenvalue weighted by atomic mass is 9.82. The van der Waals surface area contributed by atoms with Gasteiger partial charge in [0.2, 0.25) is 11.6 Å². The van der Waals surface area contributed by atoms with Crippen LogP contribution in [0.25, 0.3) is 0 Å². The van der Waals surface area contributed by atoms with Gasteiger partial charge in [-0.1, -0.05) is 18.2 Å². The predicted octanol–water partition coefficient (Wildman–Crippen LogP) is 3.01. The van der Waals surface area contributed by atoms with Crippen LogP contribution in [0.4, 0.5) is 17.6 Å². The van der Waals surface area contributed by atoms with Crippen LogP contribution in [-0.2, 0) is 21.2 Å². The summed E-state index contributed by atoms with van der Waals surface area (Å²) in [5.74, 6) is -2.25. The molecular formula is C16H17F4NO3. The minimum atomic E-state index is -4.54. The lowest BCUT2D eigenvalue weighted by Gasteiger charge is -2.30. The van der Waals surface area contributed by atoms with Crippen molar-refractivity contribution in [3.8, 4) is 0 Å². The summed E-state index contributed by atoms with van der Waals surface area (Å²) in [6, 6.07) is 4.38. The van der Waals surface area contributed by atoms with E-state index in [9.17, 15) is 27.2 Å². The van der Waals surface area contributed by atoms with E-state index in [1.807, 2.05) is 0 Å². The van der Waals surface area contributed by atoms with E-state index in [0.29, 0.717) is 0 Å². The number of likely N-dealkylation sites (tertiary alicyclic amines) is 1. The Morgan fingerprint density at radius 3 is 2.29 bits per heavy atom. The second-order valence-electron chi connectivity index (χ2n) is 6.45. The van der Waals surface area contributed by atoms with Gasteiger partial charge in [0.15, 0.2) is 0 Å². The number of carboxylic acids is 1. The van der Waals surface area contributed by atoms with E-state index in [0.717, 1.165) is 17.0 Å². The number of hydrogen-bond donors (Lipinski definition) is 1. The molecule has 1 heterocycles. The molecule has 2 rings (SSSR count). The molecule has 1 amide bonds. The first kappa shape index (κ1) is 18.2. The van der Waals surface area contributed by atoms with Crippen LogP contribution in [0.1, 0.15) is 31.4 Å². The number of benzene rings is 1. The Morgan fingerprint density at radius 1 is 1.21 bits per heavy atom. The zero-order chi connectivity index (χ0) is 18.3. The Bertz CT molecular complexity index is 672. The number of rotatable bonds is 3. The molecule has 1 aromatic rings. The first-order valence-electron chi connectivity index (χ1n) is 7.27. The van der Waals surface area contributed by atoms with Gasteiger partial charge < -0.3 is 10.0 Å². The summed E-state index contributed by atoms with van der Waals surface area (Å²) in [5.41, 5.74) is -4.61. The van der Waals surface area contributed by atoms with Crippen LogP contribution in [-0.4, -0.2) is 40.6 Å². The molecule has 24 heavy (non-hydrogen) atoms. The number of aliphatic carboxylic acids is 1. The maximum atomic E-state index is 14.1. The Kier molecular flexibility index (Phi) is 4.37. The molecule has 1 fully saturated rings.